The first-order valence-corrected chi connectivity index (χ1v) is 12.7. The molecule has 1 fully saturated rings. The summed E-state index contributed by atoms with van der Waals surface area (Å²) in [7, 11) is 0. The standard InChI is InChI=1S/C28H26FN3O2S/c29-21-9-7-19(8-10-21)26-18-24(23-5-1-2-6-25(23)31-26)28(34)32-15-12-20(13-16-32)27(33)30-14-11-22-4-3-17-35-22/h1-10,17-18,20H,11-16H2,(H,30,33). The van der Waals surface area contributed by atoms with E-state index < -0.39 is 0 Å². The SMILES string of the molecule is O=C(NCCc1cccs1)C1CCN(C(=O)c2cc(-c3ccc(F)cc3)nc3ccccc23)CC1. The second-order valence-corrected chi connectivity index (χ2v) is 9.80. The van der Waals surface area contributed by atoms with Crippen molar-refractivity contribution in [2.24, 2.45) is 5.92 Å². The Morgan fingerprint density at radius 3 is 2.54 bits per heavy atom. The summed E-state index contributed by atoms with van der Waals surface area (Å²) in [5.74, 6) is -0.388. The molecule has 178 valence electrons. The molecule has 1 aliphatic heterocycles. The fourth-order valence-electron chi connectivity index (χ4n) is 4.54. The van der Waals surface area contributed by atoms with E-state index in [1.165, 1.54) is 17.0 Å². The number of para-hydroxylation sites is 1. The number of thiophene rings is 1. The van der Waals surface area contributed by atoms with Crippen LogP contribution in [0.2, 0.25) is 0 Å². The van der Waals surface area contributed by atoms with Crippen molar-refractivity contribution in [1.82, 2.24) is 15.2 Å². The van der Waals surface area contributed by atoms with Gasteiger partial charge in [-0.1, -0.05) is 24.3 Å². The van der Waals surface area contributed by atoms with Gasteiger partial charge in [-0.3, -0.25) is 9.59 Å². The zero-order valence-corrected chi connectivity index (χ0v) is 20.1. The van der Waals surface area contributed by atoms with Gasteiger partial charge in [-0.25, -0.2) is 9.37 Å². The number of hydrogen-bond donors (Lipinski definition) is 1. The molecular formula is C28H26FN3O2S. The van der Waals surface area contributed by atoms with E-state index in [1.807, 2.05) is 40.6 Å². The van der Waals surface area contributed by atoms with Crippen molar-refractivity contribution in [1.29, 1.82) is 0 Å². The largest absolute Gasteiger partial charge is 0.355 e. The summed E-state index contributed by atoms with van der Waals surface area (Å²) < 4.78 is 13.4. The number of carbonyl (C=O) groups is 2. The lowest BCUT2D eigenvalue weighted by molar-refractivity contribution is -0.126. The number of hydrogen-bond acceptors (Lipinski definition) is 4. The molecule has 7 heteroatoms. The highest BCUT2D eigenvalue weighted by Gasteiger charge is 2.28. The maximum absolute atomic E-state index is 13.6. The first-order valence-electron chi connectivity index (χ1n) is 11.8. The smallest absolute Gasteiger partial charge is 0.254 e. The molecule has 2 aromatic heterocycles. The molecule has 1 aliphatic rings. The molecule has 0 spiro atoms. The summed E-state index contributed by atoms with van der Waals surface area (Å²) in [6.45, 7) is 1.70. The molecule has 4 aromatic rings. The maximum Gasteiger partial charge on any atom is 0.254 e. The van der Waals surface area contributed by atoms with Crippen LogP contribution in [0, 0.1) is 11.7 Å². The van der Waals surface area contributed by atoms with Gasteiger partial charge in [-0.15, -0.1) is 11.3 Å². The number of halogens is 1. The molecule has 0 aliphatic carbocycles. The topological polar surface area (TPSA) is 62.3 Å². The highest BCUT2D eigenvalue weighted by atomic mass is 32.1. The van der Waals surface area contributed by atoms with E-state index in [4.69, 9.17) is 4.98 Å². The van der Waals surface area contributed by atoms with E-state index in [9.17, 15) is 14.0 Å². The lowest BCUT2D eigenvalue weighted by Gasteiger charge is -2.31. The van der Waals surface area contributed by atoms with Crippen LogP contribution < -0.4 is 5.32 Å². The first kappa shape index (κ1) is 23.2. The van der Waals surface area contributed by atoms with E-state index in [-0.39, 0.29) is 23.5 Å². The van der Waals surface area contributed by atoms with Crippen molar-refractivity contribution >= 4 is 34.1 Å². The van der Waals surface area contributed by atoms with Gasteiger partial charge < -0.3 is 10.2 Å². The number of piperidine rings is 1. The van der Waals surface area contributed by atoms with Crippen LogP contribution in [-0.4, -0.2) is 41.3 Å². The lowest BCUT2D eigenvalue weighted by atomic mass is 9.94. The number of amides is 2. The maximum atomic E-state index is 13.6. The minimum absolute atomic E-state index is 0.0662. The Balaban J connectivity index is 1.28. The second-order valence-electron chi connectivity index (χ2n) is 8.77. The molecule has 2 amide bonds. The van der Waals surface area contributed by atoms with Crippen molar-refractivity contribution in [3.8, 4) is 11.3 Å². The molecule has 0 saturated carbocycles. The minimum atomic E-state index is -0.315. The number of likely N-dealkylation sites (tertiary alicyclic amines) is 1. The van der Waals surface area contributed by atoms with Gasteiger partial charge in [0.2, 0.25) is 5.91 Å². The van der Waals surface area contributed by atoms with Gasteiger partial charge in [0.15, 0.2) is 0 Å². The normalized spacial score (nSPS) is 14.3. The molecule has 0 bridgehead atoms. The van der Waals surface area contributed by atoms with Gasteiger partial charge in [0.05, 0.1) is 16.8 Å². The average Bonchev–Trinajstić information content (AvgIpc) is 3.42. The van der Waals surface area contributed by atoms with Gasteiger partial charge >= 0.3 is 0 Å². The van der Waals surface area contributed by atoms with E-state index >= 15 is 0 Å². The fraction of sp³-hybridized carbons (Fsp3) is 0.250. The molecule has 5 rings (SSSR count). The number of benzene rings is 2. The third-order valence-electron chi connectivity index (χ3n) is 6.49. The Bertz CT molecular complexity index is 1330. The van der Waals surface area contributed by atoms with E-state index in [0.29, 0.717) is 43.7 Å². The summed E-state index contributed by atoms with van der Waals surface area (Å²) >= 11 is 1.70. The zero-order chi connectivity index (χ0) is 24.2. The molecular weight excluding hydrogens is 461 g/mol. The Labute approximate surface area is 207 Å². The lowest BCUT2D eigenvalue weighted by Crippen LogP contribution is -2.43. The van der Waals surface area contributed by atoms with Crippen LogP contribution >= 0.6 is 11.3 Å². The van der Waals surface area contributed by atoms with Crippen LogP contribution in [0.4, 0.5) is 4.39 Å². The van der Waals surface area contributed by atoms with Gasteiger partial charge in [-0.2, -0.15) is 0 Å². The number of carbonyl (C=O) groups excluding carboxylic acids is 2. The quantitative estimate of drug-likeness (QED) is 0.401. The summed E-state index contributed by atoms with van der Waals surface area (Å²) in [4.78, 5) is 34.0. The van der Waals surface area contributed by atoms with Crippen LogP contribution in [0.3, 0.4) is 0 Å². The van der Waals surface area contributed by atoms with Crippen LogP contribution in [-0.2, 0) is 11.2 Å². The van der Waals surface area contributed by atoms with Gasteiger partial charge in [0, 0.05) is 41.4 Å². The molecule has 0 unspecified atom stereocenters. The molecule has 1 saturated heterocycles. The average molecular weight is 488 g/mol. The fourth-order valence-corrected chi connectivity index (χ4v) is 5.25. The Morgan fingerprint density at radius 1 is 1.03 bits per heavy atom. The van der Waals surface area contributed by atoms with Crippen molar-refractivity contribution in [2.75, 3.05) is 19.6 Å². The number of nitrogens with one attached hydrogen (secondary N) is 1. The molecule has 1 N–H and O–H groups in total. The van der Waals surface area contributed by atoms with Crippen LogP contribution in [0.25, 0.3) is 22.2 Å². The van der Waals surface area contributed by atoms with Crippen molar-refractivity contribution in [3.05, 3.63) is 88.4 Å². The molecule has 2 aromatic carbocycles. The number of rotatable bonds is 6. The molecule has 35 heavy (non-hydrogen) atoms. The number of pyridine rings is 1. The van der Waals surface area contributed by atoms with Gasteiger partial charge in [-0.05, 0) is 67.1 Å². The molecule has 5 nitrogen and oxygen atoms in total. The van der Waals surface area contributed by atoms with Crippen LogP contribution in [0.5, 0.6) is 0 Å². The predicted molar refractivity (Wildman–Crippen MR) is 137 cm³/mol. The number of nitrogens with zero attached hydrogens (tertiary/aromatic N) is 2. The van der Waals surface area contributed by atoms with E-state index in [0.717, 1.165) is 22.9 Å². The highest BCUT2D eigenvalue weighted by Crippen LogP contribution is 2.27. The van der Waals surface area contributed by atoms with Gasteiger partial charge in [0.25, 0.3) is 5.91 Å². The van der Waals surface area contributed by atoms with E-state index in [2.05, 4.69) is 11.4 Å². The molecule has 0 radical (unpaired) electrons. The third-order valence-corrected chi connectivity index (χ3v) is 7.43. The zero-order valence-electron chi connectivity index (χ0n) is 19.2. The van der Waals surface area contributed by atoms with Crippen LogP contribution in [0.15, 0.2) is 72.1 Å². The Hall–Kier alpha value is -3.58. The first-order chi connectivity index (χ1) is 17.1. The predicted octanol–water partition coefficient (Wildman–Crippen LogP) is 5.31. The van der Waals surface area contributed by atoms with E-state index in [1.54, 1.807) is 29.5 Å². The van der Waals surface area contributed by atoms with Crippen molar-refractivity contribution in [3.63, 3.8) is 0 Å². The molecule has 0 atom stereocenters. The van der Waals surface area contributed by atoms with Crippen molar-refractivity contribution < 1.29 is 14.0 Å². The van der Waals surface area contributed by atoms with Crippen LogP contribution in [0.1, 0.15) is 28.1 Å². The summed E-state index contributed by atoms with van der Waals surface area (Å²) in [6, 6.07) is 19.6. The second kappa shape index (κ2) is 10.4. The Kier molecular flexibility index (Phi) is 6.86. The minimum Gasteiger partial charge on any atom is -0.355 e. The van der Waals surface area contributed by atoms with Crippen molar-refractivity contribution in [2.45, 2.75) is 19.3 Å². The summed E-state index contributed by atoms with van der Waals surface area (Å²) in [6.07, 6.45) is 2.13. The Morgan fingerprint density at radius 2 is 1.80 bits per heavy atom. The number of aromatic nitrogens is 1. The summed E-state index contributed by atoms with van der Waals surface area (Å²) in [5, 5.41) is 5.88. The monoisotopic (exact) mass is 487 g/mol. The third kappa shape index (κ3) is 5.25. The molecule has 3 heterocycles. The number of fused-ring (bicyclic) bond motifs is 1. The highest BCUT2D eigenvalue weighted by molar-refractivity contribution is 7.09. The summed E-state index contributed by atoms with van der Waals surface area (Å²) in [5.41, 5.74) is 2.68. The van der Waals surface area contributed by atoms with Gasteiger partial charge in [0.1, 0.15) is 5.82 Å².